The van der Waals surface area contributed by atoms with Gasteiger partial charge in [0.05, 0.1) is 0 Å². The molecule has 0 aliphatic carbocycles. The second-order valence-corrected chi connectivity index (χ2v) is 6.99. The SMILES string of the molecule is Cc1c(N)nc(C(C)(C)C)nc1Sc1nncs1. The molecule has 96 valence electrons. The number of anilines is 1. The molecular formula is C11H15N5S2. The van der Waals surface area contributed by atoms with Crippen LogP contribution >= 0.6 is 23.1 Å². The molecule has 0 amide bonds. The molecule has 0 aromatic carbocycles. The predicted molar refractivity (Wildman–Crippen MR) is 73.9 cm³/mol. The molecule has 0 fully saturated rings. The number of nitrogen functional groups attached to an aromatic ring is 1. The Morgan fingerprint density at radius 1 is 1.28 bits per heavy atom. The van der Waals surface area contributed by atoms with Gasteiger partial charge in [0.1, 0.15) is 22.2 Å². The van der Waals surface area contributed by atoms with Crippen LogP contribution in [0.2, 0.25) is 0 Å². The Labute approximate surface area is 114 Å². The average Bonchev–Trinajstić information content (AvgIpc) is 2.75. The highest BCUT2D eigenvalue weighted by Gasteiger charge is 2.21. The molecule has 0 saturated carbocycles. The number of hydrogen-bond donors (Lipinski definition) is 1. The van der Waals surface area contributed by atoms with Crippen molar-refractivity contribution in [1.82, 2.24) is 20.2 Å². The van der Waals surface area contributed by atoms with Crippen molar-refractivity contribution in [3.63, 3.8) is 0 Å². The molecule has 0 spiro atoms. The van der Waals surface area contributed by atoms with Crippen molar-refractivity contribution in [2.45, 2.75) is 42.5 Å². The van der Waals surface area contributed by atoms with Crippen LogP contribution in [0.5, 0.6) is 0 Å². The smallest absolute Gasteiger partial charge is 0.180 e. The summed E-state index contributed by atoms with van der Waals surface area (Å²) in [6.45, 7) is 8.12. The van der Waals surface area contributed by atoms with Gasteiger partial charge in [-0.1, -0.05) is 32.1 Å². The molecule has 2 rings (SSSR count). The Hall–Kier alpha value is -1.21. The van der Waals surface area contributed by atoms with E-state index in [1.54, 1.807) is 5.51 Å². The molecule has 0 aliphatic heterocycles. The number of aromatic nitrogens is 4. The lowest BCUT2D eigenvalue weighted by Crippen LogP contribution is -2.18. The van der Waals surface area contributed by atoms with Gasteiger partial charge in [0.2, 0.25) is 0 Å². The first kappa shape index (κ1) is 13.2. The van der Waals surface area contributed by atoms with Crippen molar-refractivity contribution in [1.29, 1.82) is 0 Å². The van der Waals surface area contributed by atoms with E-state index in [1.165, 1.54) is 23.1 Å². The highest BCUT2D eigenvalue weighted by Crippen LogP contribution is 2.32. The molecule has 2 N–H and O–H groups in total. The Morgan fingerprint density at radius 2 is 2.00 bits per heavy atom. The summed E-state index contributed by atoms with van der Waals surface area (Å²) in [5.74, 6) is 1.28. The average molecular weight is 281 g/mol. The first-order valence-electron chi connectivity index (χ1n) is 5.46. The quantitative estimate of drug-likeness (QED) is 0.853. The van der Waals surface area contributed by atoms with Crippen molar-refractivity contribution < 1.29 is 0 Å². The van der Waals surface area contributed by atoms with Gasteiger partial charge in [-0.05, 0) is 18.7 Å². The second-order valence-electron chi connectivity index (χ2n) is 4.92. The van der Waals surface area contributed by atoms with Crippen LogP contribution in [-0.4, -0.2) is 20.2 Å². The fraction of sp³-hybridized carbons (Fsp3) is 0.455. The van der Waals surface area contributed by atoms with Crippen molar-refractivity contribution in [2.75, 3.05) is 5.73 Å². The molecule has 0 unspecified atom stereocenters. The van der Waals surface area contributed by atoms with E-state index >= 15 is 0 Å². The zero-order valence-corrected chi connectivity index (χ0v) is 12.4. The van der Waals surface area contributed by atoms with Crippen molar-refractivity contribution in [3.8, 4) is 0 Å². The highest BCUT2D eigenvalue weighted by atomic mass is 32.2. The van der Waals surface area contributed by atoms with E-state index in [0.29, 0.717) is 5.82 Å². The minimum absolute atomic E-state index is 0.127. The molecule has 0 aliphatic rings. The molecule has 2 aromatic heterocycles. The third-order valence-corrected chi connectivity index (χ3v) is 4.20. The van der Waals surface area contributed by atoms with Crippen LogP contribution in [-0.2, 0) is 5.41 Å². The van der Waals surface area contributed by atoms with Crippen LogP contribution in [0.15, 0.2) is 14.9 Å². The lowest BCUT2D eigenvalue weighted by atomic mass is 9.95. The third-order valence-electron chi connectivity index (χ3n) is 2.33. The Kier molecular flexibility index (Phi) is 3.54. The van der Waals surface area contributed by atoms with E-state index in [2.05, 4.69) is 40.9 Å². The lowest BCUT2D eigenvalue weighted by Gasteiger charge is -2.18. The maximum absolute atomic E-state index is 5.95. The van der Waals surface area contributed by atoms with Gasteiger partial charge in [0.15, 0.2) is 4.34 Å². The lowest BCUT2D eigenvalue weighted by molar-refractivity contribution is 0.538. The van der Waals surface area contributed by atoms with Crippen LogP contribution in [0, 0.1) is 6.92 Å². The number of nitrogens with two attached hydrogens (primary N) is 1. The van der Waals surface area contributed by atoms with E-state index in [4.69, 9.17) is 5.73 Å². The summed E-state index contributed by atoms with van der Waals surface area (Å²) in [5.41, 5.74) is 8.42. The van der Waals surface area contributed by atoms with Gasteiger partial charge in [0.25, 0.3) is 0 Å². The van der Waals surface area contributed by atoms with Crippen LogP contribution in [0.25, 0.3) is 0 Å². The van der Waals surface area contributed by atoms with Crippen LogP contribution in [0.3, 0.4) is 0 Å². The first-order chi connectivity index (χ1) is 8.38. The fourth-order valence-electron chi connectivity index (χ4n) is 1.24. The molecule has 0 radical (unpaired) electrons. The zero-order chi connectivity index (χ0) is 13.3. The van der Waals surface area contributed by atoms with Crippen molar-refractivity contribution >= 4 is 28.9 Å². The normalized spacial score (nSPS) is 11.8. The molecule has 0 atom stereocenters. The Bertz CT molecular complexity index is 545. The number of rotatable bonds is 2. The maximum atomic E-state index is 5.95. The maximum Gasteiger partial charge on any atom is 0.180 e. The van der Waals surface area contributed by atoms with Crippen LogP contribution in [0.1, 0.15) is 32.2 Å². The van der Waals surface area contributed by atoms with Crippen LogP contribution < -0.4 is 5.73 Å². The molecule has 0 bridgehead atoms. The molecule has 2 heterocycles. The zero-order valence-electron chi connectivity index (χ0n) is 10.8. The highest BCUT2D eigenvalue weighted by molar-refractivity contribution is 8.01. The van der Waals surface area contributed by atoms with Gasteiger partial charge >= 0.3 is 0 Å². The standard InChI is InChI=1S/C11H15N5S2/c1-6-7(12)14-9(11(2,3)4)15-8(6)18-10-16-13-5-17-10/h5H,1-4H3,(H2,12,14,15). The molecule has 18 heavy (non-hydrogen) atoms. The van der Waals surface area contributed by atoms with E-state index < -0.39 is 0 Å². The van der Waals surface area contributed by atoms with Crippen molar-refractivity contribution in [3.05, 3.63) is 16.9 Å². The largest absolute Gasteiger partial charge is 0.383 e. The molecule has 7 heteroatoms. The molecule has 0 saturated heterocycles. The molecular weight excluding hydrogens is 266 g/mol. The fourth-order valence-corrected chi connectivity index (χ4v) is 2.72. The van der Waals surface area contributed by atoms with Gasteiger partial charge in [0, 0.05) is 11.0 Å². The summed E-state index contributed by atoms with van der Waals surface area (Å²) in [6.07, 6.45) is 0. The number of nitrogens with zero attached hydrogens (tertiary/aromatic N) is 4. The Morgan fingerprint density at radius 3 is 2.56 bits per heavy atom. The van der Waals surface area contributed by atoms with E-state index in [9.17, 15) is 0 Å². The van der Waals surface area contributed by atoms with Crippen LogP contribution in [0.4, 0.5) is 5.82 Å². The monoisotopic (exact) mass is 281 g/mol. The minimum Gasteiger partial charge on any atom is -0.383 e. The third kappa shape index (κ3) is 2.78. The predicted octanol–water partition coefficient (Wildman–Crippen LogP) is 2.67. The summed E-state index contributed by atoms with van der Waals surface area (Å²) in [7, 11) is 0. The van der Waals surface area contributed by atoms with E-state index in [-0.39, 0.29) is 5.41 Å². The van der Waals surface area contributed by atoms with Gasteiger partial charge in [-0.25, -0.2) is 9.97 Å². The van der Waals surface area contributed by atoms with Crippen molar-refractivity contribution in [2.24, 2.45) is 0 Å². The van der Waals surface area contributed by atoms with Gasteiger partial charge in [-0.3, -0.25) is 0 Å². The van der Waals surface area contributed by atoms with Gasteiger partial charge in [-0.2, -0.15) is 0 Å². The van der Waals surface area contributed by atoms with Gasteiger partial charge in [-0.15, -0.1) is 10.2 Å². The topological polar surface area (TPSA) is 77.6 Å². The van der Waals surface area contributed by atoms with E-state index in [0.717, 1.165) is 20.8 Å². The summed E-state index contributed by atoms with van der Waals surface area (Å²) in [4.78, 5) is 8.94. The number of hydrogen-bond acceptors (Lipinski definition) is 7. The first-order valence-corrected chi connectivity index (χ1v) is 7.16. The second kappa shape index (κ2) is 4.81. The molecule has 2 aromatic rings. The summed E-state index contributed by atoms with van der Waals surface area (Å²) in [6, 6.07) is 0. The Balaban J connectivity index is 2.43. The minimum atomic E-state index is -0.127. The van der Waals surface area contributed by atoms with E-state index in [1.807, 2.05) is 6.92 Å². The summed E-state index contributed by atoms with van der Waals surface area (Å²) in [5, 5.41) is 8.67. The summed E-state index contributed by atoms with van der Waals surface area (Å²) >= 11 is 2.96. The molecule has 5 nitrogen and oxygen atoms in total. The van der Waals surface area contributed by atoms with Gasteiger partial charge < -0.3 is 5.73 Å². The summed E-state index contributed by atoms with van der Waals surface area (Å²) < 4.78 is 0.857.